The lowest BCUT2D eigenvalue weighted by Gasteiger charge is -2.20. The molecule has 0 fully saturated rings. The van der Waals surface area contributed by atoms with Gasteiger partial charge in [-0.1, -0.05) is 26.8 Å². The molecule has 26 heavy (non-hydrogen) atoms. The highest BCUT2D eigenvalue weighted by Gasteiger charge is 2.18. The van der Waals surface area contributed by atoms with Gasteiger partial charge in [0.1, 0.15) is 5.75 Å². The van der Waals surface area contributed by atoms with E-state index < -0.39 is 12.5 Å². The first kappa shape index (κ1) is 19.5. The second-order valence-electron chi connectivity index (χ2n) is 6.68. The van der Waals surface area contributed by atoms with E-state index in [1.54, 1.807) is 12.1 Å². The molecule has 0 aliphatic heterocycles. The molecule has 0 atom stereocenters. The van der Waals surface area contributed by atoms with Gasteiger partial charge >= 0.3 is 6.61 Å². The number of methoxy groups -OCH3 is 1. The molecule has 0 saturated carbocycles. The number of rotatable bonds is 5. The van der Waals surface area contributed by atoms with E-state index in [2.05, 4.69) is 10.1 Å². The third-order valence-corrected chi connectivity index (χ3v) is 3.75. The second kappa shape index (κ2) is 7.59. The largest absolute Gasteiger partial charge is 0.506 e. The molecule has 0 aromatic heterocycles. The van der Waals surface area contributed by atoms with Crippen molar-refractivity contribution in [3.8, 4) is 17.2 Å². The number of carbonyl (C=O) groups excluding carboxylic acids is 1. The quantitative estimate of drug-likeness (QED) is 0.763. The predicted octanol–water partition coefficient (Wildman–Crippen LogP) is 4.55. The van der Waals surface area contributed by atoms with E-state index in [4.69, 9.17) is 4.74 Å². The molecule has 0 aliphatic rings. The van der Waals surface area contributed by atoms with Gasteiger partial charge in [-0.15, -0.1) is 0 Å². The summed E-state index contributed by atoms with van der Waals surface area (Å²) < 4.78 is 34.3. The van der Waals surface area contributed by atoms with Crippen molar-refractivity contribution in [2.75, 3.05) is 12.4 Å². The van der Waals surface area contributed by atoms with E-state index in [1.165, 1.54) is 25.3 Å². The number of hydrogen-bond acceptors (Lipinski definition) is 4. The first-order valence-electron chi connectivity index (χ1n) is 7.89. The maximum atomic E-state index is 12.5. The van der Waals surface area contributed by atoms with Crippen LogP contribution in [-0.4, -0.2) is 24.7 Å². The summed E-state index contributed by atoms with van der Waals surface area (Å²) in [4.78, 5) is 12.5. The number of phenolic OH excluding ortho intramolecular Hbond substituents is 1. The fourth-order valence-corrected chi connectivity index (χ4v) is 2.30. The Bertz CT molecular complexity index is 801. The number of aromatic hydroxyl groups is 1. The Kier molecular flexibility index (Phi) is 5.69. The van der Waals surface area contributed by atoms with E-state index in [0.29, 0.717) is 0 Å². The molecule has 140 valence electrons. The summed E-state index contributed by atoms with van der Waals surface area (Å²) in [7, 11) is 1.31. The number of halogens is 2. The number of hydrogen-bond donors (Lipinski definition) is 2. The highest BCUT2D eigenvalue weighted by molar-refractivity contribution is 6.05. The average molecular weight is 365 g/mol. The molecule has 5 nitrogen and oxygen atoms in total. The van der Waals surface area contributed by atoms with Crippen LogP contribution in [0.1, 0.15) is 36.7 Å². The van der Waals surface area contributed by atoms with Gasteiger partial charge in [0.25, 0.3) is 5.91 Å². The van der Waals surface area contributed by atoms with Crippen LogP contribution >= 0.6 is 0 Å². The molecule has 1 amide bonds. The molecule has 2 N–H and O–H groups in total. The zero-order chi connectivity index (χ0) is 19.5. The molecule has 0 bridgehead atoms. The highest BCUT2D eigenvalue weighted by atomic mass is 19.3. The van der Waals surface area contributed by atoms with Gasteiger partial charge in [-0.3, -0.25) is 4.79 Å². The van der Waals surface area contributed by atoms with Crippen LogP contribution in [-0.2, 0) is 5.41 Å². The summed E-state index contributed by atoms with van der Waals surface area (Å²) in [5.74, 6) is -0.834. The van der Waals surface area contributed by atoms with Crippen LogP contribution in [0.15, 0.2) is 36.4 Å². The summed E-state index contributed by atoms with van der Waals surface area (Å²) in [5.41, 5.74) is 1.06. The van der Waals surface area contributed by atoms with Crippen molar-refractivity contribution in [3.63, 3.8) is 0 Å². The molecule has 0 radical (unpaired) electrons. The minimum atomic E-state index is -3.05. The summed E-state index contributed by atoms with van der Waals surface area (Å²) in [6.07, 6.45) is 0. The first-order chi connectivity index (χ1) is 12.1. The highest BCUT2D eigenvalue weighted by Crippen LogP contribution is 2.32. The maximum Gasteiger partial charge on any atom is 0.387 e. The van der Waals surface area contributed by atoms with E-state index in [9.17, 15) is 18.7 Å². The van der Waals surface area contributed by atoms with E-state index >= 15 is 0 Å². The summed E-state index contributed by atoms with van der Waals surface area (Å²) in [6.45, 7) is 2.96. The molecule has 0 heterocycles. The maximum absolute atomic E-state index is 12.5. The van der Waals surface area contributed by atoms with Crippen LogP contribution in [0, 0.1) is 0 Å². The minimum absolute atomic E-state index is 0.0828. The summed E-state index contributed by atoms with van der Waals surface area (Å²) in [5, 5.41) is 12.6. The van der Waals surface area contributed by atoms with Gasteiger partial charge in [0, 0.05) is 5.56 Å². The Morgan fingerprint density at radius 1 is 1.12 bits per heavy atom. The number of anilines is 1. The van der Waals surface area contributed by atoms with Crippen molar-refractivity contribution < 1.29 is 28.2 Å². The fourth-order valence-electron chi connectivity index (χ4n) is 2.30. The van der Waals surface area contributed by atoms with Gasteiger partial charge < -0.3 is 19.9 Å². The van der Waals surface area contributed by atoms with Crippen LogP contribution in [0.25, 0.3) is 0 Å². The standard InChI is InChI=1S/C19H21F2NO4/c1-19(2,3)12-6-7-14(23)13(10-12)22-17(24)11-5-8-15(25-4)16(9-11)26-18(20)21/h5-10,18,23H,1-4H3,(H,22,24). The number of ether oxygens (including phenoxy) is 2. The smallest absolute Gasteiger partial charge is 0.387 e. The second-order valence-corrected chi connectivity index (χ2v) is 6.68. The van der Waals surface area contributed by atoms with Crippen molar-refractivity contribution >= 4 is 11.6 Å². The lowest BCUT2D eigenvalue weighted by Crippen LogP contribution is -2.15. The molecule has 0 aliphatic carbocycles. The Morgan fingerprint density at radius 3 is 2.38 bits per heavy atom. The lowest BCUT2D eigenvalue weighted by molar-refractivity contribution is -0.0512. The van der Waals surface area contributed by atoms with Crippen LogP contribution < -0.4 is 14.8 Å². The van der Waals surface area contributed by atoms with Crippen LogP contribution in [0.5, 0.6) is 17.2 Å². The number of nitrogens with one attached hydrogen (secondary N) is 1. The Labute approximate surface area is 150 Å². The van der Waals surface area contributed by atoms with Gasteiger partial charge in [0.05, 0.1) is 12.8 Å². The van der Waals surface area contributed by atoms with Gasteiger partial charge in [-0.25, -0.2) is 0 Å². The number of alkyl halides is 2. The molecule has 2 aromatic rings. The van der Waals surface area contributed by atoms with Gasteiger partial charge in [-0.2, -0.15) is 8.78 Å². The van der Waals surface area contributed by atoms with Crippen LogP contribution in [0.2, 0.25) is 0 Å². The first-order valence-corrected chi connectivity index (χ1v) is 7.89. The number of amides is 1. The van der Waals surface area contributed by atoms with Crippen LogP contribution in [0.4, 0.5) is 14.5 Å². The molecule has 0 saturated heterocycles. The molecule has 7 heteroatoms. The monoisotopic (exact) mass is 365 g/mol. The summed E-state index contributed by atoms with van der Waals surface area (Å²) in [6, 6.07) is 8.87. The minimum Gasteiger partial charge on any atom is -0.506 e. The van der Waals surface area contributed by atoms with Gasteiger partial charge in [0.15, 0.2) is 11.5 Å². The Morgan fingerprint density at radius 2 is 1.81 bits per heavy atom. The van der Waals surface area contributed by atoms with Crippen molar-refractivity contribution in [2.24, 2.45) is 0 Å². The summed E-state index contributed by atoms with van der Waals surface area (Å²) >= 11 is 0. The van der Waals surface area contributed by atoms with Gasteiger partial charge in [-0.05, 0) is 41.3 Å². The number of benzene rings is 2. The van der Waals surface area contributed by atoms with Crippen molar-refractivity contribution in [2.45, 2.75) is 32.8 Å². The predicted molar refractivity (Wildman–Crippen MR) is 94.4 cm³/mol. The van der Waals surface area contributed by atoms with Crippen LogP contribution in [0.3, 0.4) is 0 Å². The molecular formula is C19H21F2NO4. The number of phenols is 1. The third-order valence-electron chi connectivity index (χ3n) is 3.75. The van der Waals surface area contributed by atoms with Gasteiger partial charge in [0.2, 0.25) is 0 Å². The molecule has 0 spiro atoms. The zero-order valence-corrected chi connectivity index (χ0v) is 15.0. The SMILES string of the molecule is COc1ccc(C(=O)Nc2cc(C(C)(C)C)ccc2O)cc1OC(F)F. The fraction of sp³-hybridized carbons (Fsp3) is 0.316. The molecular weight excluding hydrogens is 344 g/mol. The van der Waals surface area contributed by atoms with Crippen molar-refractivity contribution in [1.29, 1.82) is 0 Å². The van der Waals surface area contributed by atoms with E-state index in [0.717, 1.165) is 11.6 Å². The Hall–Kier alpha value is -2.83. The molecule has 0 unspecified atom stereocenters. The van der Waals surface area contributed by atoms with Crippen molar-refractivity contribution in [3.05, 3.63) is 47.5 Å². The van der Waals surface area contributed by atoms with E-state index in [-0.39, 0.29) is 33.9 Å². The average Bonchev–Trinajstić information content (AvgIpc) is 2.55. The van der Waals surface area contributed by atoms with Crippen molar-refractivity contribution in [1.82, 2.24) is 0 Å². The zero-order valence-electron chi connectivity index (χ0n) is 15.0. The number of carbonyl (C=O) groups is 1. The Balaban J connectivity index is 2.30. The normalized spacial score (nSPS) is 11.3. The van der Waals surface area contributed by atoms with E-state index in [1.807, 2.05) is 20.8 Å². The third kappa shape index (κ3) is 4.62. The molecule has 2 rings (SSSR count). The molecule has 2 aromatic carbocycles. The lowest BCUT2D eigenvalue weighted by atomic mass is 9.87. The topological polar surface area (TPSA) is 67.8 Å².